The minimum atomic E-state index is 0.304. The molecule has 1 unspecified atom stereocenters. The van der Waals surface area contributed by atoms with E-state index in [0.29, 0.717) is 12.1 Å². The van der Waals surface area contributed by atoms with Gasteiger partial charge in [-0.25, -0.2) is 0 Å². The van der Waals surface area contributed by atoms with Gasteiger partial charge in [-0.3, -0.25) is 0 Å². The van der Waals surface area contributed by atoms with Crippen molar-refractivity contribution in [2.75, 3.05) is 13.7 Å². The summed E-state index contributed by atoms with van der Waals surface area (Å²) in [5.74, 6) is 0.736. The molecule has 1 aliphatic rings. The fraction of sp³-hybridized carbons (Fsp3) is 0.647. The molecule has 0 aliphatic carbocycles. The van der Waals surface area contributed by atoms with Crippen molar-refractivity contribution >= 4 is 0 Å². The zero-order valence-corrected chi connectivity index (χ0v) is 12.5. The van der Waals surface area contributed by atoms with Gasteiger partial charge in [0, 0.05) is 12.6 Å². The van der Waals surface area contributed by atoms with Crippen molar-refractivity contribution in [3.8, 4) is 0 Å². The van der Waals surface area contributed by atoms with E-state index in [1.807, 2.05) is 0 Å². The van der Waals surface area contributed by atoms with Crippen LogP contribution in [0.2, 0.25) is 0 Å². The third-order valence-electron chi connectivity index (χ3n) is 4.08. The molecule has 0 aromatic heterocycles. The van der Waals surface area contributed by atoms with Crippen LogP contribution in [0.1, 0.15) is 44.2 Å². The maximum Gasteiger partial charge on any atom is 0.0715 e. The van der Waals surface area contributed by atoms with Crippen LogP contribution in [0, 0.1) is 5.92 Å². The summed E-state index contributed by atoms with van der Waals surface area (Å²) in [4.78, 5) is 0. The van der Waals surface area contributed by atoms with E-state index in [9.17, 15) is 0 Å². The Labute approximate surface area is 117 Å². The minimum absolute atomic E-state index is 0.304. The number of rotatable bonds is 6. The number of benzene rings is 1. The number of ether oxygens (including phenoxy) is 1. The minimum Gasteiger partial charge on any atom is -0.380 e. The standard InChI is InChI=1S/C17H27NO/c1-14(2)11-17(9-6-10-18-17)12-15-7-4-5-8-16(15)13-19-3/h4-5,7-8,14,18H,6,9-13H2,1-3H3. The first-order valence-corrected chi connectivity index (χ1v) is 7.46. The first-order valence-electron chi connectivity index (χ1n) is 7.46. The average molecular weight is 261 g/mol. The van der Waals surface area contributed by atoms with Crippen molar-refractivity contribution in [2.45, 2.75) is 51.7 Å². The molecule has 1 atom stereocenters. The Balaban J connectivity index is 2.17. The van der Waals surface area contributed by atoms with Crippen molar-refractivity contribution < 1.29 is 4.74 Å². The number of nitrogens with one attached hydrogen (secondary N) is 1. The summed E-state index contributed by atoms with van der Waals surface area (Å²) < 4.78 is 5.33. The Bertz CT molecular complexity index is 394. The SMILES string of the molecule is COCc1ccccc1CC1(CC(C)C)CCCN1. The molecule has 1 fully saturated rings. The lowest BCUT2D eigenvalue weighted by molar-refractivity contribution is 0.183. The molecule has 1 aromatic rings. The van der Waals surface area contributed by atoms with Gasteiger partial charge in [-0.15, -0.1) is 0 Å². The van der Waals surface area contributed by atoms with E-state index in [1.165, 1.54) is 36.9 Å². The first-order chi connectivity index (χ1) is 9.15. The molecule has 0 bridgehead atoms. The van der Waals surface area contributed by atoms with Gasteiger partial charge >= 0.3 is 0 Å². The summed E-state index contributed by atoms with van der Waals surface area (Å²) in [7, 11) is 1.77. The lowest BCUT2D eigenvalue weighted by Crippen LogP contribution is -2.43. The van der Waals surface area contributed by atoms with Crippen LogP contribution in [0.4, 0.5) is 0 Å². The van der Waals surface area contributed by atoms with Crippen molar-refractivity contribution in [2.24, 2.45) is 5.92 Å². The van der Waals surface area contributed by atoms with Gasteiger partial charge in [0.05, 0.1) is 6.61 Å². The maximum atomic E-state index is 5.33. The topological polar surface area (TPSA) is 21.3 Å². The molecule has 2 heteroatoms. The third-order valence-corrected chi connectivity index (χ3v) is 4.08. The molecule has 19 heavy (non-hydrogen) atoms. The molecule has 1 heterocycles. The molecule has 106 valence electrons. The molecule has 1 N–H and O–H groups in total. The summed E-state index contributed by atoms with van der Waals surface area (Å²) in [6.45, 7) is 6.53. The summed E-state index contributed by atoms with van der Waals surface area (Å²) in [6.07, 6.45) is 4.99. The molecule has 1 aromatic carbocycles. The molecular weight excluding hydrogens is 234 g/mol. The van der Waals surface area contributed by atoms with Crippen molar-refractivity contribution in [3.05, 3.63) is 35.4 Å². The smallest absolute Gasteiger partial charge is 0.0715 e. The quantitative estimate of drug-likeness (QED) is 0.845. The predicted octanol–water partition coefficient (Wildman–Crippen LogP) is 3.54. The average Bonchev–Trinajstić information content (AvgIpc) is 2.79. The van der Waals surface area contributed by atoms with Crippen LogP contribution < -0.4 is 5.32 Å². The number of methoxy groups -OCH3 is 1. The fourth-order valence-electron chi connectivity index (χ4n) is 3.44. The molecule has 1 saturated heterocycles. The lowest BCUT2D eigenvalue weighted by atomic mass is 9.81. The Morgan fingerprint density at radius 2 is 2.00 bits per heavy atom. The maximum absolute atomic E-state index is 5.33. The molecule has 0 amide bonds. The Hall–Kier alpha value is -0.860. The second kappa shape index (κ2) is 6.53. The predicted molar refractivity (Wildman–Crippen MR) is 80.3 cm³/mol. The normalized spacial score (nSPS) is 23.2. The molecule has 0 saturated carbocycles. The fourth-order valence-corrected chi connectivity index (χ4v) is 3.44. The van der Waals surface area contributed by atoms with E-state index < -0.39 is 0 Å². The van der Waals surface area contributed by atoms with Crippen LogP contribution in [0.3, 0.4) is 0 Å². The molecular formula is C17H27NO. The molecule has 2 rings (SSSR count). The highest BCUT2D eigenvalue weighted by atomic mass is 16.5. The van der Waals surface area contributed by atoms with Crippen LogP contribution in [0.25, 0.3) is 0 Å². The van der Waals surface area contributed by atoms with Gasteiger partial charge in [-0.05, 0) is 49.3 Å². The van der Waals surface area contributed by atoms with Crippen LogP contribution in [-0.2, 0) is 17.8 Å². The monoisotopic (exact) mass is 261 g/mol. The molecule has 0 radical (unpaired) electrons. The van der Waals surface area contributed by atoms with E-state index in [-0.39, 0.29) is 0 Å². The second-order valence-electron chi connectivity index (χ2n) is 6.29. The van der Waals surface area contributed by atoms with Gasteiger partial charge in [0.2, 0.25) is 0 Å². The highest BCUT2D eigenvalue weighted by Gasteiger charge is 2.34. The Morgan fingerprint density at radius 3 is 2.58 bits per heavy atom. The van der Waals surface area contributed by atoms with Gasteiger partial charge in [-0.1, -0.05) is 38.1 Å². The van der Waals surface area contributed by atoms with E-state index in [2.05, 4.69) is 43.4 Å². The first kappa shape index (κ1) is 14.5. The van der Waals surface area contributed by atoms with Gasteiger partial charge in [0.1, 0.15) is 0 Å². The largest absolute Gasteiger partial charge is 0.380 e. The van der Waals surface area contributed by atoms with Gasteiger partial charge in [0.25, 0.3) is 0 Å². The van der Waals surface area contributed by atoms with E-state index >= 15 is 0 Å². The highest BCUT2D eigenvalue weighted by molar-refractivity contribution is 5.29. The van der Waals surface area contributed by atoms with Crippen LogP contribution in [0.15, 0.2) is 24.3 Å². The highest BCUT2D eigenvalue weighted by Crippen LogP contribution is 2.31. The van der Waals surface area contributed by atoms with Crippen molar-refractivity contribution in [1.82, 2.24) is 5.32 Å². The number of hydrogen-bond donors (Lipinski definition) is 1. The summed E-state index contributed by atoms with van der Waals surface area (Å²) in [5, 5.41) is 3.78. The van der Waals surface area contributed by atoms with Crippen LogP contribution in [-0.4, -0.2) is 19.2 Å². The lowest BCUT2D eigenvalue weighted by Gasteiger charge is -2.32. The van der Waals surface area contributed by atoms with E-state index in [4.69, 9.17) is 4.74 Å². The van der Waals surface area contributed by atoms with E-state index in [0.717, 1.165) is 12.3 Å². The van der Waals surface area contributed by atoms with Crippen LogP contribution >= 0.6 is 0 Å². The Kier molecular flexibility index (Phi) is 5.00. The number of hydrogen-bond acceptors (Lipinski definition) is 2. The summed E-state index contributed by atoms with van der Waals surface area (Å²) in [6, 6.07) is 8.70. The molecule has 1 aliphatic heterocycles. The Morgan fingerprint density at radius 1 is 1.26 bits per heavy atom. The third kappa shape index (κ3) is 3.80. The van der Waals surface area contributed by atoms with Gasteiger partial charge in [0.15, 0.2) is 0 Å². The van der Waals surface area contributed by atoms with Crippen LogP contribution in [0.5, 0.6) is 0 Å². The summed E-state index contributed by atoms with van der Waals surface area (Å²) >= 11 is 0. The molecule has 2 nitrogen and oxygen atoms in total. The van der Waals surface area contributed by atoms with Gasteiger partial charge in [-0.2, -0.15) is 0 Å². The zero-order valence-electron chi connectivity index (χ0n) is 12.5. The van der Waals surface area contributed by atoms with Crippen molar-refractivity contribution in [1.29, 1.82) is 0 Å². The zero-order chi connectivity index (χ0) is 13.7. The summed E-state index contributed by atoms with van der Waals surface area (Å²) in [5.41, 5.74) is 3.08. The van der Waals surface area contributed by atoms with Crippen molar-refractivity contribution in [3.63, 3.8) is 0 Å². The molecule has 0 spiro atoms. The second-order valence-corrected chi connectivity index (χ2v) is 6.29. The van der Waals surface area contributed by atoms with Gasteiger partial charge < -0.3 is 10.1 Å². The van der Waals surface area contributed by atoms with E-state index in [1.54, 1.807) is 7.11 Å².